The molecule has 1 aliphatic heterocycles. The number of thioether (sulfide) groups is 1. The maximum Gasteiger partial charge on any atom is 0.0819 e. The minimum atomic E-state index is -0.289. The van der Waals surface area contributed by atoms with Gasteiger partial charge in [0.15, 0.2) is 0 Å². The van der Waals surface area contributed by atoms with Gasteiger partial charge in [-0.2, -0.15) is 11.8 Å². The summed E-state index contributed by atoms with van der Waals surface area (Å²) in [4.78, 5) is 0. The average molecular weight is 287 g/mol. The third-order valence-corrected chi connectivity index (χ3v) is 4.44. The average Bonchev–Trinajstić information content (AvgIpc) is 2.29. The zero-order chi connectivity index (χ0) is 10.7. The quantitative estimate of drug-likeness (QED) is 0.896. The summed E-state index contributed by atoms with van der Waals surface area (Å²) >= 11 is 5.43. The summed E-state index contributed by atoms with van der Waals surface area (Å²) in [6.45, 7) is 0. The fourth-order valence-corrected chi connectivity index (χ4v) is 3.55. The Morgan fingerprint density at radius 2 is 2.07 bits per heavy atom. The van der Waals surface area contributed by atoms with Crippen LogP contribution in [0.15, 0.2) is 28.7 Å². The van der Waals surface area contributed by atoms with E-state index < -0.39 is 0 Å². The molecule has 1 nitrogen and oxygen atoms in total. The second kappa shape index (κ2) is 5.37. The Morgan fingerprint density at radius 3 is 2.73 bits per heavy atom. The highest BCUT2D eigenvalue weighted by atomic mass is 79.9. The van der Waals surface area contributed by atoms with Gasteiger partial charge in [-0.3, -0.25) is 0 Å². The summed E-state index contributed by atoms with van der Waals surface area (Å²) in [5, 5.41) is 10.2. The lowest BCUT2D eigenvalue weighted by atomic mass is 9.91. The normalized spacial score (nSPS) is 20.1. The lowest BCUT2D eigenvalue weighted by molar-refractivity contribution is 0.103. The van der Waals surface area contributed by atoms with E-state index in [1.807, 2.05) is 36.0 Å². The maximum absolute atomic E-state index is 10.2. The van der Waals surface area contributed by atoms with Gasteiger partial charge < -0.3 is 5.11 Å². The molecule has 1 aliphatic rings. The fourth-order valence-electron chi connectivity index (χ4n) is 1.99. The van der Waals surface area contributed by atoms with Crippen molar-refractivity contribution in [1.82, 2.24) is 0 Å². The summed E-state index contributed by atoms with van der Waals surface area (Å²) in [6, 6.07) is 8.01. The SMILES string of the molecule is O[C@@H](c1cccc(Br)c1)C1CCSCC1. The van der Waals surface area contributed by atoms with Crippen LogP contribution in [0.2, 0.25) is 0 Å². The number of halogens is 1. The van der Waals surface area contributed by atoms with Crippen molar-refractivity contribution < 1.29 is 5.11 Å². The number of aliphatic hydroxyl groups excluding tert-OH is 1. The van der Waals surface area contributed by atoms with E-state index in [2.05, 4.69) is 15.9 Å². The number of rotatable bonds is 2. The number of aliphatic hydroxyl groups is 1. The van der Waals surface area contributed by atoms with Crippen LogP contribution in [0.4, 0.5) is 0 Å². The van der Waals surface area contributed by atoms with Crippen molar-refractivity contribution in [3.8, 4) is 0 Å². The molecule has 0 saturated carbocycles. The predicted molar refractivity (Wildman–Crippen MR) is 69.2 cm³/mol. The van der Waals surface area contributed by atoms with Crippen LogP contribution < -0.4 is 0 Å². The van der Waals surface area contributed by atoms with E-state index in [1.165, 1.54) is 11.5 Å². The summed E-state index contributed by atoms with van der Waals surface area (Å²) in [5.41, 5.74) is 1.04. The lowest BCUT2D eigenvalue weighted by Gasteiger charge is -2.26. The summed E-state index contributed by atoms with van der Waals surface area (Å²) in [5.74, 6) is 2.83. The predicted octanol–water partition coefficient (Wildman–Crippen LogP) is 3.63. The molecule has 1 heterocycles. The Labute approximate surface area is 103 Å². The first-order valence-electron chi connectivity index (χ1n) is 5.28. The molecule has 82 valence electrons. The molecule has 0 unspecified atom stereocenters. The van der Waals surface area contributed by atoms with Gasteiger partial charge in [0, 0.05) is 4.47 Å². The number of benzene rings is 1. The molecule has 0 radical (unpaired) electrons. The van der Waals surface area contributed by atoms with Gasteiger partial charge in [-0.05, 0) is 48.0 Å². The Morgan fingerprint density at radius 1 is 1.33 bits per heavy atom. The molecule has 1 atom stereocenters. The second-order valence-corrected chi connectivity index (χ2v) is 6.09. The van der Waals surface area contributed by atoms with Crippen molar-refractivity contribution in [1.29, 1.82) is 0 Å². The summed E-state index contributed by atoms with van der Waals surface area (Å²) in [7, 11) is 0. The molecule has 0 amide bonds. The first kappa shape index (κ1) is 11.5. The smallest absolute Gasteiger partial charge is 0.0819 e. The Kier molecular flexibility index (Phi) is 4.12. The highest BCUT2D eigenvalue weighted by Gasteiger charge is 2.23. The molecule has 2 rings (SSSR count). The van der Waals surface area contributed by atoms with Gasteiger partial charge in [-0.1, -0.05) is 28.1 Å². The first-order valence-corrected chi connectivity index (χ1v) is 7.23. The third kappa shape index (κ3) is 2.99. The van der Waals surface area contributed by atoms with Crippen molar-refractivity contribution in [3.05, 3.63) is 34.3 Å². The van der Waals surface area contributed by atoms with Crippen molar-refractivity contribution in [2.75, 3.05) is 11.5 Å². The van der Waals surface area contributed by atoms with Crippen LogP contribution in [0.5, 0.6) is 0 Å². The topological polar surface area (TPSA) is 20.2 Å². The zero-order valence-corrected chi connectivity index (χ0v) is 10.9. The van der Waals surface area contributed by atoms with Crippen LogP contribution in [-0.4, -0.2) is 16.6 Å². The van der Waals surface area contributed by atoms with E-state index in [9.17, 15) is 5.11 Å². The van der Waals surface area contributed by atoms with E-state index >= 15 is 0 Å². The van der Waals surface area contributed by atoms with Gasteiger partial charge in [-0.25, -0.2) is 0 Å². The van der Waals surface area contributed by atoms with Gasteiger partial charge in [0.25, 0.3) is 0 Å². The van der Waals surface area contributed by atoms with Crippen molar-refractivity contribution in [2.24, 2.45) is 5.92 Å². The molecular weight excluding hydrogens is 272 g/mol. The minimum Gasteiger partial charge on any atom is -0.388 e. The van der Waals surface area contributed by atoms with Crippen LogP contribution in [0.25, 0.3) is 0 Å². The Hall–Kier alpha value is 0.01000. The molecule has 0 aliphatic carbocycles. The molecule has 1 aromatic carbocycles. The Bertz CT molecular complexity index is 323. The van der Waals surface area contributed by atoms with E-state index in [0.29, 0.717) is 5.92 Å². The van der Waals surface area contributed by atoms with Crippen LogP contribution >= 0.6 is 27.7 Å². The highest BCUT2D eigenvalue weighted by Crippen LogP contribution is 2.33. The summed E-state index contributed by atoms with van der Waals surface area (Å²) in [6.07, 6.45) is 1.99. The van der Waals surface area contributed by atoms with Crippen LogP contribution in [0, 0.1) is 5.92 Å². The van der Waals surface area contributed by atoms with E-state index in [0.717, 1.165) is 22.9 Å². The van der Waals surface area contributed by atoms with Crippen LogP contribution in [-0.2, 0) is 0 Å². The van der Waals surface area contributed by atoms with Gasteiger partial charge >= 0.3 is 0 Å². The van der Waals surface area contributed by atoms with Gasteiger partial charge in [0.05, 0.1) is 6.10 Å². The van der Waals surface area contributed by atoms with E-state index in [1.54, 1.807) is 0 Å². The van der Waals surface area contributed by atoms with Gasteiger partial charge in [0.1, 0.15) is 0 Å². The van der Waals surface area contributed by atoms with Gasteiger partial charge in [-0.15, -0.1) is 0 Å². The lowest BCUT2D eigenvalue weighted by Crippen LogP contribution is -2.18. The van der Waals surface area contributed by atoms with E-state index in [-0.39, 0.29) is 6.10 Å². The molecule has 15 heavy (non-hydrogen) atoms. The fraction of sp³-hybridized carbons (Fsp3) is 0.500. The maximum atomic E-state index is 10.2. The number of hydrogen-bond acceptors (Lipinski definition) is 2. The highest BCUT2D eigenvalue weighted by molar-refractivity contribution is 9.10. The number of hydrogen-bond donors (Lipinski definition) is 1. The van der Waals surface area contributed by atoms with Crippen molar-refractivity contribution >= 4 is 27.7 Å². The molecule has 1 saturated heterocycles. The van der Waals surface area contributed by atoms with Crippen molar-refractivity contribution in [2.45, 2.75) is 18.9 Å². The largest absolute Gasteiger partial charge is 0.388 e. The molecular formula is C12H15BrOS. The first-order chi connectivity index (χ1) is 7.27. The van der Waals surface area contributed by atoms with E-state index in [4.69, 9.17) is 0 Å². The molecule has 1 fully saturated rings. The Balaban J connectivity index is 2.08. The molecule has 0 spiro atoms. The second-order valence-electron chi connectivity index (χ2n) is 3.95. The molecule has 3 heteroatoms. The van der Waals surface area contributed by atoms with Gasteiger partial charge in [0.2, 0.25) is 0 Å². The van der Waals surface area contributed by atoms with Crippen LogP contribution in [0.1, 0.15) is 24.5 Å². The standard InChI is InChI=1S/C12H15BrOS/c13-11-3-1-2-10(8-11)12(14)9-4-6-15-7-5-9/h1-3,8-9,12,14H,4-7H2/t12-/m1/s1. The monoisotopic (exact) mass is 286 g/mol. The molecule has 1 N–H and O–H groups in total. The zero-order valence-electron chi connectivity index (χ0n) is 8.53. The molecule has 1 aromatic rings. The summed E-state index contributed by atoms with van der Waals surface area (Å²) < 4.78 is 1.05. The van der Waals surface area contributed by atoms with Crippen LogP contribution in [0.3, 0.4) is 0 Å². The third-order valence-electron chi connectivity index (χ3n) is 2.90. The molecule has 0 aromatic heterocycles. The minimum absolute atomic E-state index is 0.289. The molecule has 0 bridgehead atoms. The van der Waals surface area contributed by atoms with Crippen molar-refractivity contribution in [3.63, 3.8) is 0 Å².